The van der Waals surface area contributed by atoms with E-state index in [-0.39, 0.29) is 12.1 Å². The summed E-state index contributed by atoms with van der Waals surface area (Å²) in [5.41, 5.74) is 4.48. The van der Waals surface area contributed by atoms with Crippen LogP contribution in [0.15, 0.2) is 79.1 Å². The first-order chi connectivity index (χ1) is 15.3. The van der Waals surface area contributed by atoms with Crippen molar-refractivity contribution < 1.29 is 9.53 Å². The van der Waals surface area contributed by atoms with Crippen LogP contribution in [0.4, 0.5) is 5.69 Å². The maximum atomic E-state index is 13.1. The maximum absolute atomic E-state index is 13.1. The van der Waals surface area contributed by atoms with Gasteiger partial charge in [0, 0.05) is 24.1 Å². The molecule has 0 spiro atoms. The highest BCUT2D eigenvalue weighted by molar-refractivity contribution is 6.02. The van der Waals surface area contributed by atoms with Gasteiger partial charge in [0.05, 0.1) is 11.3 Å². The summed E-state index contributed by atoms with van der Waals surface area (Å²) in [4.78, 5) is 19.7. The number of anilines is 1. The first-order valence-electron chi connectivity index (χ1n) is 10.6. The van der Waals surface area contributed by atoms with Gasteiger partial charge in [-0.05, 0) is 54.8 Å². The van der Waals surface area contributed by atoms with Crippen LogP contribution in [0.3, 0.4) is 0 Å². The molecule has 0 saturated heterocycles. The van der Waals surface area contributed by atoms with Crippen LogP contribution < -0.4 is 10.1 Å². The lowest BCUT2D eigenvalue weighted by molar-refractivity contribution is 0.0666. The van der Waals surface area contributed by atoms with E-state index in [1.807, 2.05) is 88.4 Å². The fourth-order valence-electron chi connectivity index (χ4n) is 4.20. The molecule has 6 heteroatoms. The number of rotatable bonds is 5. The zero-order chi connectivity index (χ0) is 20.8. The van der Waals surface area contributed by atoms with Crippen LogP contribution >= 0.6 is 0 Å². The molecular weight excluding hydrogens is 388 g/mol. The molecule has 2 aromatic carbocycles. The van der Waals surface area contributed by atoms with E-state index in [9.17, 15) is 4.79 Å². The summed E-state index contributed by atoms with van der Waals surface area (Å²) in [5.74, 6) is 0.885. The Morgan fingerprint density at radius 1 is 1.00 bits per heavy atom. The van der Waals surface area contributed by atoms with E-state index in [0.29, 0.717) is 12.6 Å². The number of amides is 1. The summed E-state index contributed by atoms with van der Waals surface area (Å²) in [7, 11) is 0. The lowest BCUT2D eigenvalue weighted by Gasteiger charge is -2.38. The number of nitrogens with zero attached hydrogens (tertiary/aromatic N) is 3. The molecule has 1 aliphatic heterocycles. The molecule has 4 aromatic rings. The second-order valence-corrected chi connectivity index (χ2v) is 8.09. The second-order valence-electron chi connectivity index (χ2n) is 8.09. The van der Waals surface area contributed by atoms with E-state index in [0.717, 1.165) is 46.7 Å². The third-order valence-electron chi connectivity index (χ3n) is 5.90. The molecule has 1 atom stereocenters. The van der Waals surface area contributed by atoms with Gasteiger partial charge in [0.15, 0.2) is 0 Å². The number of aromatic nitrogens is 2. The average molecular weight is 410 g/mol. The smallest absolute Gasteiger partial charge is 0.258 e. The molecule has 1 saturated carbocycles. The number of nitrogens with one attached hydrogen (secondary N) is 1. The first kappa shape index (κ1) is 18.0. The molecule has 1 fully saturated rings. The Balaban J connectivity index is 1.21. The van der Waals surface area contributed by atoms with Crippen LogP contribution in [-0.2, 0) is 6.61 Å². The third-order valence-corrected chi connectivity index (χ3v) is 5.90. The summed E-state index contributed by atoms with van der Waals surface area (Å²) in [6, 6.07) is 22.0. The number of carbonyl (C=O) groups is 1. The van der Waals surface area contributed by atoms with Crippen molar-refractivity contribution in [2.45, 2.75) is 31.7 Å². The summed E-state index contributed by atoms with van der Waals surface area (Å²) in [6.07, 6.45) is 5.91. The summed E-state index contributed by atoms with van der Waals surface area (Å²) in [5, 5.41) is 3.56. The normalized spacial score (nSPS) is 18.0. The largest absolute Gasteiger partial charge is 0.487 e. The maximum Gasteiger partial charge on any atom is 0.258 e. The van der Waals surface area contributed by atoms with Gasteiger partial charge in [-0.1, -0.05) is 30.3 Å². The van der Waals surface area contributed by atoms with Crippen molar-refractivity contribution in [1.29, 1.82) is 0 Å². The zero-order valence-electron chi connectivity index (χ0n) is 16.9. The lowest BCUT2D eigenvalue weighted by Crippen LogP contribution is -2.44. The fraction of sp³-hybridized carbons (Fsp3) is 0.200. The topological polar surface area (TPSA) is 58.9 Å². The second kappa shape index (κ2) is 7.16. The summed E-state index contributed by atoms with van der Waals surface area (Å²) < 4.78 is 7.94. The third kappa shape index (κ3) is 3.30. The van der Waals surface area contributed by atoms with Crippen molar-refractivity contribution in [2.75, 3.05) is 5.32 Å². The average Bonchev–Trinajstić information content (AvgIpc) is 3.56. The Morgan fingerprint density at radius 3 is 2.61 bits per heavy atom. The van der Waals surface area contributed by atoms with Gasteiger partial charge < -0.3 is 19.4 Å². The number of benzene rings is 2. The predicted molar refractivity (Wildman–Crippen MR) is 118 cm³/mol. The molecule has 0 bridgehead atoms. The number of ether oxygens (including phenoxy) is 1. The molecule has 0 radical (unpaired) electrons. The molecule has 6 rings (SSSR count). The highest BCUT2D eigenvalue weighted by Gasteiger charge is 2.41. The monoisotopic (exact) mass is 410 g/mol. The number of imidazole rings is 1. The molecule has 1 amide bonds. The van der Waals surface area contributed by atoms with E-state index in [1.165, 1.54) is 0 Å². The molecule has 6 nitrogen and oxygen atoms in total. The van der Waals surface area contributed by atoms with Gasteiger partial charge in [-0.15, -0.1) is 0 Å². The zero-order valence-corrected chi connectivity index (χ0v) is 16.9. The van der Waals surface area contributed by atoms with Crippen LogP contribution in [0.25, 0.3) is 5.65 Å². The number of hydrogen-bond acceptors (Lipinski definition) is 4. The minimum atomic E-state index is -0.164. The van der Waals surface area contributed by atoms with Crippen LogP contribution in [-0.4, -0.2) is 26.2 Å². The first-order valence-corrected chi connectivity index (χ1v) is 10.6. The van der Waals surface area contributed by atoms with Gasteiger partial charge in [0.25, 0.3) is 5.91 Å². The molecule has 3 heterocycles. The van der Waals surface area contributed by atoms with E-state index >= 15 is 0 Å². The standard InChI is InChI=1S/C25H22N4O2/c30-25-21-5-1-2-6-22(21)27-24(29(25)19-10-11-19)17-8-12-20(13-9-17)31-16-18-15-28-14-4-3-7-23(28)26-18/h1-9,12-15,19,24,27H,10-11,16H2/t24-/m0/s1. The van der Waals surface area contributed by atoms with Gasteiger partial charge in [-0.2, -0.15) is 0 Å². The van der Waals surface area contributed by atoms with Crippen molar-refractivity contribution in [3.63, 3.8) is 0 Å². The molecular formula is C25H22N4O2. The molecule has 1 N–H and O–H groups in total. The minimum absolute atomic E-state index is 0.106. The minimum Gasteiger partial charge on any atom is -0.487 e. The van der Waals surface area contributed by atoms with Gasteiger partial charge in [0.1, 0.15) is 24.2 Å². The van der Waals surface area contributed by atoms with E-state index in [1.54, 1.807) is 0 Å². The predicted octanol–water partition coefficient (Wildman–Crippen LogP) is 4.64. The van der Waals surface area contributed by atoms with E-state index < -0.39 is 0 Å². The summed E-state index contributed by atoms with van der Waals surface area (Å²) >= 11 is 0. The summed E-state index contributed by atoms with van der Waals surface area (Å²) in [6.45, 7) is 0.406. The molecule has 1 aliphatic carbocycles. The molecule has 31 heavy (non-hydrogen) atoms. The Morgan fingerprint density at radius 2 is 1.81 bits per heavy atom. The van der Waals surface area contributed by atoms with Crippen molar-refractivity contribution in [3.05, 3.63) is 95.9 Å². The SMILES string of the molecule is O=C1c2ccccc2N[C@H](c2ccc(OCc3cn4ccccc4n3)cc2)N1C1CC1. The Kier molecular flexibility index (Phi) is 4.16. The van der Waals surface area contributed by atoms with Crippen molar-refractivity contribution in [3.8, 4) is 5.75 Å². The van der Waals surface area contributed by atoms with Gasteiger partial charge in [-0.3, -0.25) is 4.79 Å². The molecule has 154 valence electrons. The van der Waals surface area contributed by atoms with Crippen molar-refractivity contribution in [1.82, 2.24) is 14.3 Å². The quantitative estimate of drug-likeness (QED) is 0.521. The lowest BCUT2D eigenvalue weighted by atomic mass is 10.0. The molecule has 2 aliphatic rings. The Hall–Kier alpha value is -3.80. The number of hydrogen-bond donors (Lipinski definition) is 1. The fourth-order valence-corrected chi connectivity index (χ4v) is 4.20. The van der Waals surface area contributed by atoms with Crippen molar-refractivity contribution in [2.24, 2.45) is 0 Å². The highest BCUT2D eigenvalue weighted by atomic mass is 16.5. The van der Waals surface area contributed by atoms with Crippen LogP contribution in [0, 0.1) is 0 Å². The van der Waals surface area contributed by atoms with Crippen LogP contribution in [0.2, 0.25) is 0 Å². The van der Waals surface area contributed by atoms with Gasteiger partial charge >= 0.3 is 0 Å². The number of pyridine rings is 1. The number of fused-ring (bicyclic) bond motifs is 2. The van der Waals surface area contributed by atoms with E-state index in [4.69, 9.17) is 4.74 Å². The highest BCUT2D eigenvalue weighted by Crippen LogP contribution is 2.40. The van der Waals surface area contributed by atoms with Gasteiger partial charge in [-0.25, -0.2) is 4.98 Å². The Bertz CT molecular complexity index is 1230. The molecule has 2 aromatic heterocycles. The number of carbonyl (C=O) groups excluding carboxylic acids is 1. The van der Waals surface area contributed by atoms with Crippen LogP contribution in [0.5, 0.6) is 5.75 Å². The van der Waals surface area contributed by atoms with Crippen LogP contribution in [0.1, 0.15) is 40.6 Å². The van der Waals surface area contributed by atoms with Crippen molar-refractivity contribution >= 4 is 17.2 Å². The molecule has 0 unspecified atom stereocenters. The number of para-hydroxylation sites is 1. The van der Waals surface area contributed by atoms with Gasteiger partial charge in [0.2, 0.25) is 0 Å². The Labute approximate surface area is 180 Å². The van der Waals surface area contributed by atoms with E-state index in [2.05, 4.69) is 10.3 Å².